The number of halogens is 3. The van der Waals surface area contributed by atoms with Crippen LogP contribution >= 0.6 is 0 Å². The number of fused-ring (bicyclic) bond motifs is 1. The van der Waals surface area contributed by atoms with Crippen LogP contribution in [0.3, 0.4) is 0 Å². The third kappa shape index (κ3) is 2.68. The molecule has 0 aliphatic heterocycles. The number of rotatable bonds is 2. The molecule has 5 heteroatoms. The van der Waals surface area contributed by atoms with Gasteiger partial charge in [-0.05, 0) is 42.5 Å². The van der Waals surface area contributed by atoms with Crippen LogP contribution in [0.2, 0.25) is 0 Å². The number of phenolic OH excluding ortho intramolecular Hbond substituents is 1. The lowest BCUT2D eigenvalue weighted by Crippen LogP contribution is -2.18. The van der Waals surface area contributed by atoms with Crippen molar-refractivity contribution in [3.63, 3.8) is 0 Å². The summed E-state index contributed by atoms with van der Waals surface area (Å²) >= 11 is 0. The first-order valence-electron chi connectivity index (χ1n) is 6.77. The maximum Gasteiger partial charge on any atom is 0.161 e. The number of benzene rings is 2. The van der Waals surface area contributed by atoms with Crippen LogP contribution in [0.25, 0.3) is 0 Å². The van der Waals surface area contributed by atoms with E-state index in [1.54, 1.807) is 18.2 Å². The molecule has 0 spiro atoms. The molecule has 0 radical (unpaired) electrons. The van der Waals surface area contributed by atoms with Gasteiger partial charge in [-0.15, -0.1) is 0 Å². The van der Waals surface area contributed by atoms with Crippen molar-refractivity contribution in [1.82, 2.24) is 0 Å². The summed E-state index contributed by atoms with van der Waals surface area (Å²) in [5.41, 5.74) is 1.88. The molecule has 0 amide bonds. The second-order valence-corrected chi connectivity index (χ2v) is 5.22. The Hall–Kier alpha value is -2.17. The zero-order valence-corrected chi connectivity index (χ0v) is 11.2. The zero-order valence-electron chi connectivity index (χ0n) is 11.2. The van der Waals surface area contributed by atoms with E-state index in [9.17, 15) is 18.3 Å². The Balaban J connectivity index is 1.92. The number of anilines is 1. The maximum absolute atomic E-state index is 13.7. The average molecular weight is 293 g/mol. The van der Waals surface area contributed by atoms with Crippen LogP contribution in [0, 0.1) is 17.5 Å². The SMILES string of the molecule is Oc1ccc2c(c1)CCCC2Nc1cc(F)c(F)cc1F. The van der Waals surface area contributed by atoms with Gasteiger partial charge in [-0.3, -0.25) is 0 Å². The Morgan fingerprint density at radius 3 is 2.57 bits per heavy atom. The molecule has 1 aliphatic carbocycles. The number of aromatic hydroxyl groups is 1. The Labute approximate surface area is 120 Å². The molecular weight excluding hydrogens is 279 g/mol. The lowest BCUT2D eigenvalue weighted by Gasteiger charge is -2.27. The first kappa shape index (κ1) is 13.8. The topological polar surface area (TPSA) is 32.3 Å². The third-order valence-corrected chi connectivity index (χ3v) is 3.78. The molecule has 0 aromatic heterocycles. The van der Waals surface area contributed by atoms with Gasteiger partial charge in [0.15, 0.2) is 11.6 Å². The molecule has 2 N–H and O–H groups in total. The first-order chi connectivity index (χ1) is 10.0. The molecule has 0 bridgehead atoms. The minimum Gasteiger partial charge on any atom is -0.508 e. The van der Waals surface area contributed by atoms with E-state index >= 15 is 0 Å². The van der Waals surface area contributed by atoms with Gasteiger partial charge in [0.25, 0.3) is 0 Å². The summed E-state index contributed by atoms with van der Waals surface area (Å²) in [5.74, 6) is -2.92. The van der Waals surface area contributed by atoms with Crippen LogP contribution in [-0.2, 0) is 6.42 Å². The van der Waals surface area contributed by atoms with E-state index in [1.165, 1.54) is 0 Å². The number of hydrogen-bond donors (Lipinski definition) is 2. The third-order valence-electron chi connectivity index (χ3n) is 3.78. The quantitative estimate of drug-likeness (QED) is 0.809. The highest BCUT2D eigenvalue weighted by Crippen LogP contribution is 2.35. The molecule has 0 fully saturated rings. The van der Waals surface area contributed by atoms with Crippen LogP contribution in [0.1, 0.15) is 30.0 Å². The van der Waals surface area contributed by atoms with Gasteiger partial charge in [-0.25, -0.2) is 13.2 Å². The summed E-state index contributed by atoms with van der Waals surface area (Å²) in [5, 5.41) is 12.4. The molecular formula is C16H14F3NO. The Morgan fingerprint density at radius 1 is 1.00 bits per heavy atom. The zero-order chi connectivity index (χ0) is 15.0. The molecule has 0 saturated carbocycles. The Morgan fingerprint density at radius 2 is 1.76 bits per heavy atom. The number of nitrogens with one attached hydrogen (secondary N) is 1. The van der Waals surface area contributed by atoms with Gasteiger partial charge in [0, 0.05) is 12.1 Å². The van der Waals surface area contributed by atoms with Gasteiger partial charge >= 0.3 is 0 Å². The summed E-state index contributed by atoms with van der Waals surface area (Å²) in [7, 11) is 0. The fourth-order valence-corrected chi connectivity index (χ4v) is 2.77. The van der Waals surface area contributed by atoms with Crippen molar-refractivity contribution in [2.45, 2.75) is 25.3 Å². The maximum atomic E-state index is 13.7. The van der Waals surface area contributed by atoms with Crippen LogP contribution in [0.4, 0.5) is 18.9 Å². The average Bonchev–Trinajstić information content (AvgIpc) is 2.44. The van der Waals surface area contributed by atoms with Crippen LogP contribution in [-0.4, -0.2) is 5.11 Å². The molecule has 0 saturated heterocycles. The molecule has 0 heterocycles. The number of hydrogen-bond acceptors (Lipinski definition) is 2. The van der Waals surface area contributed by atoms with Gasteiger partial charge in [-0.1, -0.05) is 6.07 Å². The molecule has 2 aromatic rings. The monoisotopic (exact) mass is 293 g/mol. The van der Waals surface area contributed by atoms with E-state index < -0.39 is 17.5 Å². The first-order valence-corrected chi connectivity index (χ1v) is 6.77. The summed E-state index contributed by atoms with van der Waals surface area (Å²) < 4.78 is 39.9. The highest BCUT2D eigenvalue weighted by molar-refractivity contribution is 5.49. The van der Waals surface area contributed by atoms with Crippen LogP contribution in [0.5, 0.6) is 5.75 Å². The van der Waals surface area contributed by atoms with Crippen molar-refractivity contribution in [2.24, 2.45) is 0 Å². The predicted octanol–water partition coefficient (Wildman–Crippen LogP) is 4.30. The minimum atomic E-state index is -1.20. The van der Waals surface area contributed by atoms with Gasteiger partial charge in [0.1, 0.15) is 11.6 Å². The van der Waals surface area contributed by atoms with Crippen molar-refractivity contribution in [3.8, 4) is 5.75 Å². The standard InChI is InChI=1S/C16H14F3NO/c17-12-7-14(19)16(8-13(12)18)20-15-3-1-2-9-6-10(21)4-5-11(9)15/h4-8,15,20-21H,1-3H2. The summed E-state index contributed by atoms with van der Waals surface area (Å²) in [4.78, 5) is 0. The van der Waals surface area contributed by atoms with E-state index in [4.69, 9.17) is 0 Å². The molecule has 1 unspecified atom stereocenters. The second-order valence-electron chi connectivity index (χ2n) is 5.22. The van der Waals surface area contributed by atoms with Crippen molar-refractivity contribution in [2.75, 3.05) is 5.32 Å². The molecule has 2 nitrogen and oxygen atoms in total. The Bertz CT molecular complexity index is 687. The fraction of sp³-hybridized carbons (Fsp3) is 0.250. The summed E-state index contributed by atoms with van der Waals surface area (Å²) in [6.45, 7) is 0. The van der Waals surface area contributed by atoms with E-state index in [0.29, 0.717) is 6.07 Å². The van der Waals surface area contributed by atoms with E-state index in [2.05, 4.69) is 5.32 Å². The highest BCUT2D eigenvalue weighted by atomic mass is 19.2. The molecule has 3 rings (SSSR count). The molecule has 21 heavy (non-hydrogen) atoms. The largest absolute Gasteiger partial charge is 0.508 e. The van der Waals surface area contributed by atoms with E-state index in [0.717, 1.165) is 36.5 Å². The summed E-state index contributed by atoms with van der Waals surface area (Å²) in [6.07, 6.45) is 2.47. The molecule has 110 valence electrons. The van der Waals surface area contributed by atoms with Gasteiger partial charge in [-0.2, -0.15) is 0 Å². The predicted molar refractivity (Wildman–Crippen MR) is 73.7 cm³/mol. The lowest BCUT2D eigenvalue weighted by molar-refractivity contribution is 0.472. The number of aryl methyl sites for hydroxylation is 1. The fourth-order valence-electron chi connectivity index (χ4n) is 2.77. The lowest BCUT2D eigenvalue weighted by atomic mass is 9.87. The van der Waals surface area contributed by atoms with Gasteiger partial charge in [0.2, 0.25) is 0 Å². The van der Waals surface area contributed by atoms with Crippen molar-refractivity contribution >= 4 is 5.69 Å². The number of phenols is 1. The van der Waals surface area contributed by atoms with Gasteiger partial charge < -0.3 is 10.4 Å². The minimum absolute atomic E-state index is 0.0557. The smallest absolute Gasteiger partial charge is 0.161 e. The van der Waals surface area contributed by atoms with E-state index in [1.807, 2.05) is 0 Å². The van der Waals surface area contributed by atoms with Crippen molar-refractivity contribution in [3.05, 3.63) is 58.9 Å². The summed E-state index contributed by atoms with van der Waals surface area (Å²) in [6, 6.07) is 6.22. The molecule has 1 aliphatic rings. The second kappa shape index (κ2) is 5.31. The Kier molecular flexibility index (Phi) is 3.49. The van der Waals surface area contributed by atoms with Crippen LogP contribution in [0.15, 0.2) is 30.3 Å². The van der Waals surface area contributed by atoms with E-state index in [-0.39, 0.29) is 17.5 Å². The molecule has 1 atom stereocenters. The van der Waals surface area contributed by atoms with Crippen LogP contribution < -0.4 is 5.32 Å². The highest BCUT2D eigenvalue weighted by Gasteiger charge is 2.22. The van der Waals surface area contributed by atoms with Crippen molar-refractivity contribution < 1.29 is 18.3 Å². The normalized spacial score (nSPS) is 17.4. The van der Waals surface area contributed by atoms with Gasteiger partial charge in [0.05, 0.1) is 11.7 Å². The molecule has 2 aromatic carbocycles. The van der Waals surface area contributed by atoms with Crippen molar-refractivity contribution in [1.29, 1.82) is 0 Å².